The van der Waals surface area contributed by atoms with Gasteiger partial charge in [0.15, 0.2) is 0 Å². The Labute approximate surface area is 116 Å². The summed E-state index contributed by atoms with van der Waals surface area (Å²) in [6, 6.07) is 12.5. The van der Waals surface area contributed by atoms with Crippen molar-refractivity contribution in [3.63, 3.8) is 0 Å². The Hall–Kier alpha value is -2.75. The average Bonchev–Trinajstić information content (AvgIpc) is 2.90. The second kappa shape index (κ2) is 4.74. The average molecular weight is 266 g/mol. The van der Waals surface area contributed by atoms with Gasteiger partial charge in [-0.25, -0.2) is 0 Å². The fourth-order valence-electron chi connectivity index (χ4n) is 2.08. The molecule has 0 fully saturated rings. The monoisotopic (exact) mass is 266 g/mol. The fraction of sp³-hybridized carbons (Fsp3) is 0.0625. The highest BCUT2D eigenvalue weighted by molar-refractivity contribution is 6.06. The highest BCUT2D eigenvalue weighted by Gasteiger charge is 2.08. The first-order valence-corrected chi connectivity index (χ1v) is 6.31. The van der Waals surface area contributed by atoms with E-state index < -0.39 is 0 Å². The quantitative estimate of drug-likeness (QED) is 0.665. The number of aryl methyl sites for hydroxylation is 1. The van der Waals surface area contributed by atoms with Gasteiger partial charge in [0.25, 0.3) is 5.91 Å². The SMILES string of the molecule is Cc1ccc(NC(=O)c2ccc3[nH]ccc3c2)cc1O. The van der Waals surface area contributed by atoms with Gasteiger partial charge in [0, 0.05) is 34.4 Å². The minimum absolute atomic E-state index is 0.170. The number of rotatable bonds is 2. The second-order valence-corrected chi connectivity index (χ2v) is 4.74. The first-order chi connectivity index (χ1) is 9.63. The number of carbonyl (C=O) groups is 1. The van der Waals surface area contributed by atoms with Crippen LogP contribution in [0.5, 0.6) is 5.75 Å². The fourth-order valence-corrected chi connectivity index (χ4v) is 2.08. The van der Waals surface area contributed by atoms with Crippen molar-refractivity contribution in [1.29, 1.82) is 0 Å². The number of aromatic amines is 1. The van der Waals surface area contributed by atoms with Crippen LogP contribution in [0.1, 0.15) is 15.9 Å². The van der Waals surface area contributed by atoms with Crippen LogP contribution in [0.2, 0.25) is 0 Å². The van der Waals surface area contributed by atoms with Gasteiger partial charge in [-0.2, -0.15) is 0 Å². The summed E-state index contributed by atoms with van der Waals surface area (Å²) < 4.78 is 0. The van der Waals surface area contributed by atoms with E-state index >= 15 is 0 Å². The van der Waals surface area contributed by atoms with E-state index in [1.807, 2.05) is 24.4 Å². The summed E-state index contributed by atoms with van der Waals surface area (Å²) >= 11 is 0. The van der Waals surface area contributed by atoms with E-state index in [2.05, 4.69) is 10.3 Å². The molecule has 0 saturated heterocycles. The van der Waals surface area contributed by atoms with Gasteiger partial charge in [-0.1, -0.05) is 6.07 Å². The van der Waals surface area contributed by atoms with E-state index in [9.17, 15) is 9.90 Å². The third kappa shape index (κ3) is 2.23. The zero-order valence-corrected chi connectivity index (χ0v) is 11.0. The Bertz CT molecular complexity index is 790. The Kier molecular flexibility index (Phi) is 2.91. The third-order valence-electron chi connectivity index (χ3n) is 3.28. The summed E-state index contributed by atoms with van der Waals surface area (Å²) in [5.74, 6) is -0.0276. The summed E-state index contributed by atoms with van der Waals surface area (Å²) in [4.78, 5) is 15.3. The van der Waals surface area contributed by atoms with Crippen molar-refractivity contribution in [2.45, 2.75) is 6.92 Å². The Morgan fingerprint density at radius 2 is 2.00 bits per heavy atom. The van der Waals surface area contributed by atoms with E-state index in [0.717, 1.165) is 16.5 Å². The molecule has 20 heavy (non-hydrogen) atoms. The zero-order valence-electron chi connectivity index (χ0n) is 11.0. The number of hydrogen-bond acceptors (Lipinski definition) is 2. The number of phenols is 1. The molecule has 3 aromatic rings. The summed E-state index contributed by atoms with van der Waals surface area (Å²) in [5, 5.41) is 13.4. The maximum Gasteiger partial charge on any atom is 0.255 e. The van der Waals surface area contributed by atoms with Crippen molar-refractivity contribution in [2.24, 2.45) is 0 Å². The molecule has 0 saturated carbocycles. The molecule has 4 nitrogen and oxygen atoms in total. The minimum atomic E-state index is -0.198. The molecule has 1 amide bonds. The van der Waals surface area contributed by atoms with Crippen LogP contribution in [0, 0.1) is 6.92 Å². The molecule has 3 rings (SSSR count). The normalized spacial score (nSPS) is 10.7. The predicted molar refractivity (Wildman–Crippen MR) is 79.1 cm³/mol. The van der Waals surface area contributed by atoms with E-state index in [1.54, 1.807) is 31.2 Å². The lowest BCUT2D eigenvalue weighted by atomic mass is 10.1. The molecule has 1 heterocycles. The number of fused-ring (bicyclic) bond motifs is 1. The number of nitrogens with one attached hydrogen (secondary N) is 2. The third-order valence-corrected chi connectivity index (χ3v) is 3.28. The first kappa shape index (κ1) is 12.3. The summed E-state index contributed by atoms with van der Waals surface area (Å²) in [6.45, 7) is 1.81. The number of phenolic OH excluding ortho intramolecular Hbond substituents is 1. The van der Waals surface area contributed by atoms with Gasteiger partial charge in [-0.05, 0) is 42.8 Å². The number of H-pyrrole nitrogens is 1. The molecule has 3 N–H and O–H groups in total. The van der Waals surface area contributed by atoms with Crippen LogP contribution < -0.4 is 5.32 Å². The molecule has 0 aliphatic heterocycles. The molecule has 0 radical (unpaired) electrons. The molecule has 0 bridgehead atoms. The number of aromatic nitrogens is 1. The molecule has 2 aromatic carbocycles. The van der Waals surface area contributed by atoms with E-state index in [1.165, 1.54) is 0 Å². The molecule has 0 unspecified atom stereocenters. The lowest BCUT2D eigenvalue weighted by Gasteiger charge is -2.07. The van der Waals surface area contributed by atoms with Crippen LogP contribution in [0.4, 0.5) is 5.69 Å². The molecular weight excluding hydrogens is 252 g/mol. The molecule has 0 spiro atoms. The number of anilines is 1. The molecule has 0 aliphatic rings. The van der Waals surface area contributed by atoms with Crippen LogP contribution in [0.3, 0.4) is 0 Å². The number of carbonyl (C=O) groups excluding carboxylic acids is 1. The summed E-state index contributed by atoms with van der Waals surface area (Å²) in [6.07, 6.45) is 1.84. The molecule has 0 atom stereocenters. The largest absolute Gasteiger partial charge is 0.508 e. The number of amides is 1. The molecule has 100 valence electrons. The van der Waals surface area contributed by atoms with Crippen LogP contribution in [-0.2, 0) is 0 Å². The van der Waals surface area contributed by atoms with Gasteiger partial charge >= 0.3 is 0 Å². The van der Waals surface area contributed by atoms with Crippen molar-refractivity contribution < 1.29 is 9.90 Å². The number of aromatic hydroxyl groups is 1. The van der Waals surface area contributed by atoms with E-state index in [4.69, 9.17) is 0 Å². The smallest absolute Gasteiger partial charge is 0.255 e. The Balaban J connectivity index is 1.86. The van der Waals surface area contributed by atoms with Gasteiger partial charge in [0.1, 0.15) is 5.75 Å². The summed E-state index contributed by atoms with van der Waals surface area (Å²) in [5.41, 5.74) is 2.93. The topological polar surface area (TPSA) is 65.1 Å². The molecule has 1 aromatic heterocycles. The van der Waals surface area contributed by atoms with Crippen molar-refractivity contribution in [2.75, 3.05) is 5.32 Å². The second-order valence-electron chi connectivity index (χ2n) is 4.74. The Morgan fingerprint density at radius 1 is 1.15 bits per heavy atom. The number of benzene rings is 2. The van der Waals surface area contributed by atoms with Crippen molar-refractivity contribution in [3.05, 3.63) is 59.8 Å². The van der Waals surface area contributed by atoms with E-state index in [0.29, 0.717) is 11.3 Å². The molecule has 4 heteroatoms. The molecular formula is C16H14N2O2. The predicted octanol–water partition coefficient (Wildman–Crippen LogP) is 3.43. The first-order valence-electron chi connectivity index (χ1n) is 6.31. The Morgan fingerprint density at radius 3 is 2.80 bits per heavy atom. The maximum absolute atomic E-state index is 12.2. The van der Waals surface area contributed by atoms with Gasteiger partial charge < -0.3 is 15.4 Å². The van der Waals surface area contributed by atoms with Crippen LogP contribution in [0.25, 0.3) is 10.9 Å². The zero-order chi connectivity index (χ0) is 14.1. The minimum Gasteiger partial charge on any atom is -0.508 e. The summed E-state index contributed by atoms with van der Waals surface area (Å²) in [7, 11) is 0. The van der Waals surface area contributed by atoms with Crippen LogP contribution in [0.15, 0.2) is 48.7 Å². The number of hydrogen-bond donors (Lipinski definition) is 3. The van der Waals surface area contributed by atoms with Gasteiger partial charge in [0.05, 0.1) is 0 Å². The highest BCUT2D eigenvalue weighted by atomic mass is 16.3. The van der Waals surface area contributed by atoms with Crippen molar-refractivity contribution in [3.8, 4) is 5.75 Å². The lowest BCUT2D eigenvalue weighted by molar-refractivity contribution is 0.102. The van der Waals surface area contributed by atoms with Crippen LogP contribution in [-0.4, -0.2) is 16.0 Å². The van der Waals surface area contributed by atoms with Gasteiger partial charge in [-0.15, -0.1) is 0 Å². The van der Waals surface area contributed by atoms with Crippen molar-refractivity contribution in [1.82, 2.24) is 4.98 Å². The molecule has 0 aliphatic carbocycles. The van der Waals surface area contributed by atoms with E-state index in [-0.39, 0.29) is 11.7 Å². The maximum atomic E-state index is 12.2. The lowest BCUT2D eigenvalue weighted by Crippen LogP contribution is -2.11. The van der Waals surface area contributed by atoms with Gasteiger partial charge in [0.2, 0.25) is 0 Å². The van der Waals surface area contributed by atoms with Gasteiger partial charge in [-0.3, -0.25) is 4.79 Å². The van der Waals surface area contributed by atoms with Crippen molar-refractivity contribution >= 4 is 22.5 Å². The standard InChI is InChI=1S/C16H14N2O2/c1-10-2-4-13(9-15(10)19)18-16(20)12-3-5-14-11(8-12)6-7-17-14/h2-9,17,19H,1H3,(H,18,20). The highest BCUT2D eigenvalue weighted by Crippen LogP contribution is 2.22. The van der Waals surface area contributed by atoms with Crippen LogP contribution >= 0.6 is 0 Å².